The topological polar surface area (TPSA) is 45.6 Å². The smallest absolute Gasteiger partial charge is 0.157 e. The van der Waals surface area contributed by atoms with Gasteiger partial charge in [0.15, 0.2) is 5.82 Å². The van der Waals surface area contributed by atoms with Crippen molar-refractivity contribution in [2.45, 2.75) is 13.8 Å². The van der Waals surface area contributed by atoms with Crippen LogP contribution in [0.4, 0.5) is 5.82 Å². The van der Waals surface area contributed by atoms with Gasteiger partial charge in [-0.1, -0.05) is 13.8 Å². The van der Waals surface area contributed by atoms with Gasteiger partial charge in [-0.3, -0.25) is 0 Å². The lowest BCUT2D eigenvalue weighted by atomic mass is 10.4. The molecule has 13 heavy (non-hydrogen) atoms. The van der Waals surface area contributed by atoms with Crippen LogP contribution in [-0.2, 0) is 7.05 Å². The summed E-state index contributed by atoms with van der Waals surface area (Å²) < 4.78 is 1.82. The van der Waals surface area contributed by atoms with Gasteiger partial charge < -0.3 is 10.3 Å². The van der Waals surface area contributed by atoms with Crippen LogP contribution < -0.4 is 5.32 Å². The highest BCUT2D eigenvalue weighted by atomic mass is 15.3. The van der Waals surface area contributed by atoms with Crippen LogP contribution in [-0.4, -0.2) is 21.8 Å². The van der Waals surface area contributed by atoms with Crippen molar-refractivity contribution in [2.75, 3.05) is 12.4 Å². The molecule has 2 aromatic rings. The summed E-state index contributed by atoms with van der Waals surface area (Å²) in [6.07, 6.45) is 1.91. The number of nitrogens with one attached hydrogen (secondary N) is 2. The first-order valence-electron chi connectivity index (χ1n) is 4.51. The fourth-order valence-electron chi connectivity index (χ4n) is 1.26. The molecule has 0 aliphatic heterocycles. The molecule has 2 rings (SSSR count). The van der Waals surface area contributed by atoms with E-state index in [1.54, 1.807) is 0 Å². The molecule has 0 saturated heterocycles. The number of nitrogens with zero attached hydrogens (tertiary/aromatic N) is 2. The van der Waals surface area contributed by atoms with Crippen molar-refractivity contribution < 1.29 is 1.43 Å². The Kier molecular flexibility index (Phi) is 2.95. The summed E-state index contributed by atoms with van der Waals surface area (Å²) in [7, 11) is 3.79. The van der Waals surface area contributed by atoms with Crippen molar-refractivity contribution in [3.8, 4) is 0 Å². The molecule has 0 unspecified atom stereocenters. The number of aromatic amines is 1. The minimum absolute atomic E-state index is 0. The van der Waals surface area contributed by atoms with E-state index in [1.165, 1.54) is 0 Å². The van der Waals surface area contributed by atoms with E-state index < -0.39 is 0 Å². The third-order valence-corrected chi connectivity index (χ3v) is 1.79. The number of aryl methyl sites for hydroxylation is 1. The van der Waals surface area contributed by atoms with Crippen LogP contribution >= 0.6 is 0 Å². The van der Waals surface area contributed by atoms with Gasteiger partial charge >= 0.3 is 0 Å². The lowest BCUT2D eigenvalue weighted by Gasteiger charge is -1.89. The molecule has 0 fully saturated rings. The molecule has 74 valence electrons. The zero-order chi connectivity index (χ0) is 9.84. The van der Waals surface area contributed by atoms with E-state index in [4.69, 9.17) is 0 Å². The maximum atomic E-state index is 4.24. The van der Waals surface area contributed by atoms with Crippen molar-refractivity contribution in [3.05, 3.63) is 12.3 Å². The second-order valence-corrected chi connectivity index (χ2v) is 2.46. The van der Waals surface area contributed by atoms with Crippen LogP contribution in [0.1, 0.15) is 15.3 Å². The molecule has 0 aromatic carbocycles. The zero-order valence-corrected chi connectivity index (χ0v) is 8.55. The first-order valence-corrected chi connectivity index (χ1v) is 4.51. The minimum Gasteiger partial charge on any atom is -0.371 e. The maximum absolute atomic E-state index is 4.24. The summed E-state index contributed by atoms with van der Waals surface area (Å²) in [6.45, 7) is 4.00. The normalized spacial score (nSPS) is 9.54. The van der Waals surface area contributed by atoms with Gasteiger partial charge in [-0.2, -0.15) is 5.10 Å². The lowest BCUT2D eigenvalue weighted by Crippen LogP contribution is -1.93. The van der Waals surface area contributed by atoms with E-state index in [9.17, 15) is 0 Å². The summed E-state index contributed by atoms with van der Waals surface area (Å²) in [6, 6.07) is 2.01. The van der Waals surface area contributed by atoms with Crippen molar-refractivity contribution in [3.63, 3.8) is 0 Å². The van der Waals surface area contributed by atoms with Gasteiger partial charge in [-0.15, -0.1) is 0 Å². The molecule has 2 N–H and O–H groups in total. The molecule has 4 heteroatoms. The molecule has 4 nitrogen and oxygen atoms in total. The Morgan fingerprint density at radius 1 is 1.54 bits per heavy atom. The average Bonchev–Trinajstić information content (AvgIpc) is 2.73. The highest BCUT2D eigenvalue weighted by Crippen LogP contribution is 2.19. The molecular weight excluding hydrogens is 164 g/mol. The second-order valence-electron chi connectivity index (χ2n) is 2.46. The van der Waals surface area contributed by atoms with E-state index in [0.717, 1.165) is 16.9 Å². The quantitative estimate of drug-likeness (QED) is 0.710. The summed E-state index contributed by atoms with van der Waals surface area (Å²) in [5, 5.41) is 8.40. The highest BCUT2D eigenvalue weighted by molar-refractivity contribution is 5.87. The molecule has 0 saturated carbocycles. The van der Waals surface area contributed by atoms with Gasteiger partial charge in [0.2, 0.25) is 0 Å². The van der Waals surface area contributed by atoms with Crippen LogP contribution in [0.3, 0.4) is 0 Å². The summed E-state index contributed by atoms with van der Waals surface area (Å²) >= 11 is 0. The first kappa shape index (κ1) is 9.64. The van der Waals surface area contributed by atoms with E-state index in [0.29, 0.717) is 0 Å². The average molecular weight is 182 g/mol. The molecule has 0 amide bonds. The Hall–Kier alpha value is -1.45. The SMILES string of the molecule is CC.CNc1nn(C)c2[nH]ccc12.[HH]. The minimum atomic E-state index is 0. The van der Waals surface area contributed by atoms with E-state index in [1.807, 2.05) is 44.9 Å². The molecule has 2 heterocycles. The molecule has 0 spiro atoms. The third kappa shape index (κ3) is 1.52. The van der Waals surface area contributed by atoms with Crippen molar-refractivity contribution in [1.29, 1.82) is 0 Å². The van der Waals surface area contributed by atoms with Gasteiger partial charge in [-0.25, -0.2) is 4.68 Å². The number of rotatable bonds is 1. The van der Waals surface area contributed by atoms with Crippen LogP contribution in [0, 0.1) is 0 Å². The fourth-order valence-corrected chi connectivity index (χ4v) is 1.26. The fraction of sp³-hybridized carbons (Fsp3) is 0.444. The van der Waals surface area contributed by atoms with Gasteiger partial charge in [0.05, 0.1) is 5.39 Å². The van der Waals surface area contributed by atoms with Crippen LogP contribution in [0.2, 0.25) is 0 Å². The largest absolute Gasteiger partial charge is 0.371 e. The third-order valence-electron chi connectivity index (χ3n) is 1.79. The van der Waals surface area contributed by atoms with Crippen molar-refractivity contribution in [2.24, 2.45) is 7.05 Å². The predicted octanol–water partition coefficient (Wildman–Crippen LogP) is 2.22. The molecule has 0 radical (unpaired) electrons. The molecule has 0 atom stereocenters. The summed E-state index contributed by atoms with van der Waals surface area (Å²) in [5.74, 6) is 0.920. The number of hydrogen-bond donors (Lipinski definition) is 2. The van der Waals surface area contributed by atoms with E-state index in [2.05, 4.69) is 15.4 Å². The first-order chi connectivity index (χ1) is 6.33. The lowest BCUT2D eigenvalue weighted by molar-refractivity contribution is 0.790. The van der Waals surface area contributed by atoms with Gasteiger partial charge in [-0.05, 0) is 6.07 Å². The standard InChI is InChI=1S/C7H10N4.C2H6.H2/c1-8-6-5-3-4-9-7(5)11(2)10-6;1-2;/h3-4,9H,1-2H3,(H,8,10);1-2H3;1H. The number of H-pyrrole nitrogens is 1. The van der Waals surface area contributed by atoms with Crippen LogP contribution in [0.5, 0.6) is 0 Å². The molecule has 0 aliphatic rings. The Morgan fingerprint density at radius 3 is 2.85 bits per heavy atom. The zero-order valence-electron chi connectivity index (χ0n) is 8.55. The maximum Gasteiger partial charge on any atom is 0.157 e. The Balaban J connectivity index is 0.000000531. The second kappa shape index (κ2) is 3.98. The Bertz CT molecular complexity index is 377. The van der Waals surface area contributed by atoms with Gasteiger partial charge in [0, 0.05) is 21.7 Å². The number of aromatic nitrogens is 3. The van der Waals surface area contributed by atoms with Crippen LogP contribution in [0.15, 0.2) is 12.3 Å². The Labute approximate surface area is 79.4 Å². The van der Waals surface area contributed by atoms with E-state index in [-0.39, 0.29) is 1.43 Å². The van der Waals surface area contributed by atoms with Crippen molar-refractivity contribution in [1.82, 2.24) is 14.8 Å². The molecule has 0 aliphatic carbocycles. The number of hydrogen-bond acceptors (Lipinski definition) is 2. The predicted molar refractivity (Wildman–Crippen MR) is 58.1 cm³/mol. The molecular formula is C9H18N4. The number of anilines is 1. The summed E-state index contributed by atoms with van der Waals surface area (Å²) in [4.78, 5) is 3.10. The van der Waals surface area contributed by atoms with Crippen LogP contribution in [0.25, 0.3) is 11.0 Å². The Morgan fingerprint density at radius 2 is 2.23 bits per heavy atom. The van der Waals surface area contributed by atoms with E-state index >= 15 is 0 Å². The van der Waals surface area contributed by atoms with Gasteiger partial charge in [0.1, 0.15) is 5.65 Å². The monoisotopic (exact) mass is 182 g/mol. The number of fused-ring (bicyclic) bond motifs is 1. The molecule has 0 bridgehead atoms. The summed E-state index contributed by atoms with van der Waals surface area (Å²) in [5.41, 5.74) is 1.05. The highest BCUT2D eigenvalue weighted by Gasteiger charge is 2.05. The van der Waals surface area contributed by atoms with Gasteiger partial charge in [0.25, 0.3) is 0 Å². The van der Waals surface area contributed by atoms with Crippen molar-refractivity contribution >= 4 is 16.9 Å². The molecule has 2 aromatic heterocycles.